The molecule has 1 unspecified atom stereocenters. The second-order valence-electron chi connectivity index (χ2n) is 7.41. The molecular formula is C17H35NO4. The largest absolute Gasteiger partial charge is 0.444 e. The van der Waals surface area contributed by atoms with E-state index < -0.39 is 11.7 Å². The lowest BCUT2D eigenvalue weighted by atomic mass is 9.83. The lowest BCUT2D eigenvalue weighted by molar-refractivity contribution is 0.0342. The van der Waals surface area contributed by atoms with Crippen LogP contribution in [0.3, 0.4) is 0 Å². The molecule has 5 nitrogen and oxygen atoms in total. The molecule has 0 aliphatic carbocycles. The van der Waals surface area contributed by atoms with Crippen molar-refractivity contribution in [2.75, 3.05) is 26.4 Å². The second-order valence-corrected chi connectivity index (χ2v) is 7.41. The van der Waals surface area contributed by atoms with Crippen LogP contribution in [-0.2, 0) is 9.47 Å². The molecule has 22 heavy (non-hydrogen) atoms. The van der Waals surface area contributed by atoms with Crippen LogP contribution in [0.2, 0.25) is 0 Å². The molecule has 5 heteroatoms. The summed E-state index contributed by atoms with van der Waals surface area (Å²) in [4.78, 5) is 11.7. The maximum atomic E-state index is 11.7. The number of alkyl carbamates (subject to hydrolysis) is 1. The summed E-state index contributed by atoms with van der Waals surface area (Å²) in [5.41, 5.74) is -0.868. The summed E-state index contributed by atoms with van der Waals surface area (Å²) in [7, 11) is 0. The molecule has 0 saturated carbocycles. The van der Waals surface area contributed by atoms with Crippen LogP contribution in [0.5, 0.6) is 0 Å². The molecule has 0 aromatic heterocycles. The highest BCUT2D eigenvalue weighted by atomic mass is 16.6. The first-order chi connectivity index (χ1) is 10.1. The smallest absolute Gasteiger partial charge is 0.407 e. The molecule has 1 amide bonds. The lowest BCUT2D eigenvalue weighted by Crippen LogP contribution is -2.42. The van der Waals surface area contributed by atoms with Gasteiger partial charge in [-0.3, -0.25) is 0 Å². The Morgan fingerprint density at radius 1 is 1.23 bits per heavy atom. The summed E-state index contributed by atoms with van der Waals surface area (Å²) >= 11 is 0. The Labute approximate surface area is 135 Å². The molecule has 2 N–H and O–H groups in total. The van der Waals surface area contributed by atoms with Gasteiger partial charge in [-0.1, -0.05) is 20.8 Å². The maximum absolute atomic E-state index is 11.7. The third kappa shape index (κ3) is 10.0. The molecule has 0 saturated heterocycles. The molecular weight excluding hydrogens is 282 g/mol. The third-order valence-corrected chi connectivity index (χ3v) is 3.71. The number of carbonyl (C=O) groups is 1. The Morgan fingerprint density at radius 3 is 2.32 bits per heavy atom. The van der Waals surface area contributed by atoms with Crippen molar-refractivity contribution in [2.45, 2.75) is 66.4 Å². The molecule has 0 fully saturated rings. The van der Waals surface area contributed by atoms with Gasteiger partial charge < -0.3 is 19.9 Å². The summed E-state index contributed by atoms with van der Waals surface area (Å²) in [5, 5.41) is 12.5. The Balaban J connectivity index is 4.23. The number of aliphatic hydroxyl groups excluding tert-OH is 1. The molecule has 0 aliphatic heterocycles. The van der Waals surface area contributed by atoms with Crippen LogP contribution < -0.4 is 5.32 Å². The lowest BCUT2D eigenvalue weighted by Gasteiger charge is -2.31. The van der Waals surface area contributed by atoms with Gasteiger partial charge in [-0.05, 0) is 46.0 Å². The van der Waals surface area contributed by atoms with E-state index in [1.54, 1.807) is 0 Å². The van der Waals surface area contributed by atoms with Crippen LogP contribution in [0.15, 0.2) is 0 Å². The van der Waals surface area contributed by atoms with Gasteiger partial charge in [0.2, 0.25) is 0 Å². The molecule has 0 heterocycles. The average Bonchev–Trinajstić information content (AvgIpc) is 2.40. The number of rotatable bonds is 10. The van der Waals surface area contributed by atoms with Crippen molar-refractivity contribution in [3.05, 3.63) is 0 Å². The molecule has 0 aromatic carbocycles. The van der Waals surface area contributed by atoms with Crippen LogP contribution in [0.1, 0.15) is 60.8 Å². The molecule has 0 aliphatic rings. The highest BCUT2D eigenvalue weighted by Gasteiger charge is 2.29. The number of hydrogen-bond acceptors (Lipinski definition) is 4. The van der Waals surface area contributed by atoms with E-state index >= 15 is 0 Å². The highest BCUT2D eigenvalue weighted by Crippen LogP contribution is 2.25. The Hall–Kier alpha value is -0.810. The minimum absolute atomic E-state index is 0.0207. The first-order valence-electron chi connectivity index (χ1n) is 8.29. The van der Waals surface area contributed by atoms with E-state index in [4.69, 9.17) is 9.47 Å². The molecule has 0 spiro atoms. The molecule has 0 radical (unpaired) electrons. The van der Waals surface area contributed by atoms with Crippen molar-refractivity contribution < 1.29 is 19.4 Å². The average molecular weight is 317 g/mol. The van der Waals surface area contributed by atoms with E-state index in [2.05, 4.69) is 19.2 Å². The summed E-state index contributed by atoms with van der Waals surface area (Å²) in [5.74, 6) is 0.627. The Morgan fingerprint density at radius 2 is 1.86 bits per heavy atom. The summed E-state index contributed by atoms with van der Waals surface area (Å²) < 4.78 is 10.9. The van der Waals surface area contributed by atoms with Gasteiger partial charge in [0.05, 0.1) is 6.61 Å². The van der Waals surface area contributed by atoms with Crippen molar-refractivity contribution in [2.24, 2.45) is 11.3 Å². The van der Waals surface area contributed by atoms with Crippen molar-refractivity contribution >= 4 is 6.09 Å². The van der Waals surface area contributed by atoms with Gasteiger partial charge in [-0.15, -0.1) is 0 Å². The maximum Gasteiger partial charge on any atom is 0.407 e. The van der Waals surface area contributed by atoms with Crippen LogP contribution >= 0.6 is 0 Å². The number of amides is 1. The van der Waals surface area contributed by atoms with E-state index in [9.17, 15) is 9.90 Å². The standard InChI is InChI=1S/C17H35NO4/c1-7-17(13-19,9-11-21-10-8-14(2)3)12-18-15(20)22-16(4,5)6/h14,19H,7-13H2,1-6H3,(H,18,20). The zero-order valence-electron chi connectivity index (χ0n) is 15.2. The minimum atomic E-state index is -0.516. The van der Waals surface area contributed by atoms with E-state index in [0.29, 0.717) is 25.5 Å². The zero-order chi connectivity index (χ0) is 17.2. The van der Waals surface area contributed by atoms with Gasteiger partial charge in [0.25, 0.3) is 0 Å². The number of ether oxygens (including phenoxy) is 2. The fraction of sp³-hybridized carbons (Fsp3) is 0.941. The van der Waals surface area contributed by atoms with E-state index in [-0.39, 0.29) is 12.0 Å². The first-order valence-corrected chi connectivity index (χ1v) is 8.29. The minimum Gasteiger partial charge on any atom is -0.444 e. The molecule has 1 atom stereocenters. The topological polar surface area (TPSA) is 67.8 Å². The molecule has 0 rings (SSSR count). The summed E-state index contributed by atoms with van der Waals surface area (Å²) in [6.45, 7) is 13.6. The van der Waals surface area contributed by atoms with Crippen LogP contribution in [-0.4, -0.2) is 43.2 Å². The van der Waals surface area contributed by atoms with Crippen molar-refractivity contribution in [1.82, 2.24) is 5.32 Å². The normalized spacial score (nSPS) is 14.7. The van der Waals surface area contributed by atoms with Crippen LogP contribution in [0.25, 0.3) is 0 Å². The third-order valence-electron chi connectivity index (χ3n) is 3.71. The first kappa shape index (κ1) is 21.2. The SMILES string of the molecule is CCC(CO)(CCOCCC(C)C)CNC(=O)OC(C)(C)C. The van der Waals surface area contributed by atoms with Gasteiger partial charge in [0.1, 0.15) is 5.60 Å². The highest BCUT2D eigenvalue weighted by molar-refractivity contribution is 5.67. The molecule has 0 aromatic rings. The predicted octanol–water partition coefficient (Wildman–Crippen LogP) is 3.35. The van der Waals surface area contributed by atoms with E-state index in [0.717, 1.165) is 19.4 Å². The van der Waals surface area contributed by atoms with Crippen molar-refractivity contribution in [1.29, 1.82) is 0 Å². The predicted molar refractivity (Wildman–Crippen MR) is 88.9 cm³/mol. The van der Waals surface area contributed by atoms with E-state index in [1.165, 1.54) is 0 Å². The van der Waals surface area contributed by atoms with Gasteiger partial charge in [0.15, 0.2) is 0 Å². The van der Waals surface area contributed by atoms with Crippen LogP contribution in [0.4, 0.5) is 4.79 Å². The summed E-state index contributed by atoms with van der Waals surface area (Å²) in [6.07, 6.45) is 2.08. The Kier molecular flexibility index (Phi) is 9.69. The van der Waals surface area contributed by atoms with Gasteiger partial charge in [0, 0.05) is 25.2 Å². The van der Waals surface area contributed by atoms with Gasteiger partial charge in [-0.2, -0.15) is 0 Å². The van der Waals surface area contributed by atoms with Crippen molar-refractivity contribution in [3.8, 4) is 0 Å². The van der Waals surface area contributed by atoms with Gasteiger partial charge in [-0.25, -0.2) is 4.79 Å². The fourth-order valence-electron chi connectivity index (χ4n) is 1.92. The van der Waals surface area contributed by atoms with Crippen LogP contribution in [0, 0.1) is 11.3 Å². The number of hydrogen-bond donors (Lipinski definition) is 2. The molecule has 0 bridgehead atoms. The zero-order valence-corrected chi connectivity index (χ0v) is 15.2. The second kappa shape index (κ2) is 10.1. The fourth-order valence-corrected chi connectivity index (χ4v) is 1.92. The number of carbonyl (C=O) groups excluding carboxylic acids is 1. The van der Waals surface area contributed by atoms with E-state index in [1.807, 2.05) is 27.7 Å². The van der Waals surface area contributed by atoms with Gasteiger partial charge >= 0.3 is 6.09 Å². The summed E-state index contributed by atoms with van der Waals surface area (Å²) in [6, 6.07) is 0. The quantitative estimate of drug-likeness (QED) is 0.606. The number of nitrogens with one attached hydrogen (secondary N) is 1. The molecule has 132 valence electrons. The monoisotopic (exact) mass is 317 g/mol. The number of aliphatic hydroxyl groups is 1. The van der Waals surface area contributed by atoms with Crippen molar-refractivity contribution in [3.63, 3.8) is 0 Å². The Bertz CT molecular complexity index is 306.